The molecule has 0 amide bonds. The molecule has 16 N–H and O–H groups in total. The van der Waals surface area contributed by atoms with Crippen LogP contribution in [0.3, 0.4) is 0 Å². The average molecular weight is 771 g/mol. The maximum atomic E-state index is 8.88. The van der Waals surface area contributed by atoms with Gasteiger partial charge >= 0.3 is 15.6 Å². The van der Waals surface area contributed by atoms with Crippen molar-refractivity contribution in [3.63, 3.8) is 0 Å². The molecule has 0 rings (SSSR count). The van der Waals surface area contributed by atoms with Gasteiger partial charge in [-0.1, -0.05) is 83.1 Å². The fraction of sp³-hybridized carbons (Fsp3) is 1.00. The Morgan fingerprint density at radius 2 is 0.408 bits per heavy atom. The van der Waals surface area contributed by atoms with Crippen LogP contribution in [0.25, 0.3) is 0 Å². The first kappa shape index (κ1) is 70.4. The Labute approximate surface area is 299 Å². The molecule has 0 spiro atoms. The van der Waals surface area contributed by atoms with Crippen LogP contribution < -0.4 is 31.9 Å². The molecule has 0 saturated heterocycles. The topological polar surface area (TPSA) is 309 Å². The molecule has 20 heteroatoms. The first-order chi connectivity index (χ1) is 22.7. The lowest BCUT2D eigenvalue weighted by Crippen LogP contribution is -2.37. The smallest absolute Gasteiger partial charge is 0.396 e. The lowest BCUT2D eigenvalue weighted by atomic mass is 9.93. The molecule has 0 aliphatic heterocycles. The zero-order valence-corrected chi connectivity index (χ0v) is 34.8. The molecule has 0 unspecified atom stereocenters. The van der Waals surface area contributed by atoms with Gasteiger partial charge in [0.2, 0.25) is 0 Å². The van der Waals surface area contributed by atoms with Gasteiger partial charge in [-0.3, -0.25) is 0 Å². The standard InChI is InChI=1S/C5H12O4.6C4H11N.2H3O4P/c6-1-5(2-7,3-8)4-9;6*1-3-5-4-2;2*1-5(2,3)4/h6-9H,1-4H2;6*5H,3-4H2,1-2H3;2*(H3,1,2,3,4). The van der Waals surface area contributed by atoms with Gasteiger partial charge < -0.3 is 81.7 Å². The Hall–Kier alpha value is -0.180. The Morgan fingerprint density at radius 1 is 0.327 bits per heavy atom. The molecule has 0 aromatic heterocycles. The number of hydrogen-bond acceptors (Lipinski definition) is 12. The van der Waals surface area contributed by atoms with E-state index in [1.54, 1.807) is 0 Å². The zero-order valence-electron chi connectivity index (χ0n) is 33.0. The lowest BCUT2D eigenvalue weighted by Gasteiger charge is -2.23. The second-order valence-corrected chi connectivity index (χ2v) is 11.0. The van der Waals surface area contributed by atoms with Crippen molar-refractivity contribution in [2.45, 2.75) is 83.1 Å². The molecule has 18 nitrogen and oxygen atoms in total. The molecule has 0 bridgehead atoms. The minimum atomic E-state index is -4.64. The summed E-state index contributed by atoms with van der Waals surface area (Å²) >= 11 is 0. The van der Waals surface area contributed by atoms with Crippen LogP contribution in [0.4, 0.5) is 0 Å². The summed E-state index contributed by atoms with van der Waals surface area (Å²) in [4.78, 5) is 43.1. The van der Waals surface area contributed by atoms with Crippen molar-refractivity contribution in [2.75, 3.05) is 105 Å². The van der Waals surface area contributed by atoms with Crippen LogP contribution in [-0.4, -0.2) is 155 Å². The summed E-state index contributed by atoms with van der Waals surface area (Å²) in [7, 11) is -9.28. The highest BCUT2D eigenvalue weighted by Crippen LogP contribution is 2.26. The second kappa shape index (κ2) is 66.1. The van der Waals surface area contributed by atoms with Crippen molar-refractivity contribution < 1.29 is 58.9 Å². The predicted molar refractivity (Wildman–Crippen MR) is 205 cm³/mol. The molecule has 312 valence electrons. The van der Waals surface area contributed by atoms with Gasteiger partial charge in [0.05, 0.1) is 31.8 Å². The third-order valence-corrected chi connectivity index (χ3v) is 4.34. The van der Waals surface area contributed by atoms with E-state index in [2.05, 4.69) is 115 Å². The Kier molecular flexibility index (Phi) is 95.0. The number of hydrogen-bond donors (Lipinski definition) is 16. The van der Waals surface area contributed by atoms with E-state index >= 15 is 0 Å². The molecular weight excluding hydrogens is 686 g/mol. The van der Waals surface area contributed by atoms with Crippen LogP contribution in [-0.2, 0) is 9.13 Å². The Bertz CT molecular complexity index is 467. The van der Waals surface area contributed by atoms with E-state index in [0.29, 0.717) is 0 Å². The number of aliphatic hydroxyl groups is 4. The zero-order chi connectivity index (χ0) is 41.1. The molecule has 0 saturated carbocycles. The predicted octanol–water partition coefficient (Wildman–Crippen LogP) is -0.220. The van der Waals surface area contributed by atoms with Crippen molar-refractivity contribution in [3.8, 4) is 0 Å². The van der Waals surface area contributed by atoms with E-state index < -0.39 is 47.5 Å². The van der Waals surface area contributed by atoms with Gasteiger partial charge in [-0.2, -0.15) is 0 Å². The highest BCUT2D eigenvalue weighted by molar-refractivity contribution is 7.45. The van der Waals surface area contributed by atoms with E-state index in [-0.39, 0.29) is 0 Å². The summed E-state index contributed by atoms with van der Waals surface area (Å²) in [6.07, 6.45) is 0. The van der Waals surface area contributed by atoms with E-state index in [0.717, 1.165) is 78.5 Å². The normalized spacial score (nSPS) is 9.76. The molecule has 0 radical (unpaired) electrons. The van der Waals surface area contributed by atoms with Gasteiger partial charge in [0, 0.05) is 0 Å². The first-order valence-corrected chi connectivity index (χ1v) is 20.1. The fourth-order valence-electron chi connectivity index (χ4n) is 1.80. The quantitative estimate of drug-likeness (QED) is 0.0902. The van der Waals surface area contributed by atoms with E-state index in [4.69, 9.17) is 58.9 Å². The highest BCUT2D eigenvalue weighted by atomic mass is 31.2. The molecule has 0 heterocycles. The van der Waals surface area contributed by atoms with Crippen molar-refractivity contribution in [3.05, 3.63) is 0 Å². The van der Waals surface area contributed by atoms with E-state index in [1.165, 1.54) is 0 Å². The molecule has 49 heavy (non-hydrogen) atoms. The minimum absolute atomic E-state index is 0.406. The average Bonchev–Trinajstić information content (AvgIpc) is 3.01. The summed E-state index contributed by atoms with van der Waals surface area (Å²) in [5.74, 6) is 0. The monoisotopic (exact) mass is 771 g/mol. The van der Waals surface area contributed by atoms with Crippen molar-refractivity contribution in [2.24, 2.45) is 5.41 Å². The van der Waals surface area contributed by atoms with Crippen LogP contribution in [0.5, 0.6) is 0 Å². The van der Waals surface area contributed by atoms with E-state index in [9.17, 15) is 0 Å². The van der Waals surface area contributed by atoms with Crippen molar-refractivity contribution in [1.29, 1.82) is 0 Å². The molecular formula is C29H84N6O12P2. The molecule has 0 aromatic rings. The largest absolute Gasteiger partial charge is 0.466 e. The van der Waals surface area contributed by atoms with Crippen LogP contribution in [0, 0.1) is 5.41 Å². The summed E-state index contributed by atoms with van der Waals surface area (Å²) in [5, 5.41) is 52.7. The molecule has 0 aliphatic carbocycles. The minimum Gasteiger partial charge on any atom is -0.396 e. The van der Waals surface area contributed by atoms with Gasteiger partial charge in [-0.25, -0.2) is 9.13 Å². The number of phosphoric acid groups is 2. The first-order valence-electron chi connectivity index (χ1n) is 17.0. The fourth-order valence-corrected chi connectivity index (χ4v) is 1.80. The molecule has 0 aliphatic rings. The molecule has 0 fully saturated rings. The van der Waals surface area contributed by atoms with Gasteiger partial charge in [0.25, 0.3) is 0 Å². The van der Waals surface area contributed by atoms with Crippen LogP contribution in [0.2, 0.25) is 0 Å². The van der Waals surface area contributed by atoms with Crippen molar-refractivity contribution >= 4 is 15.6 Å². The third kappa shape index (κ3) is 177. The number of nitrogens with one attached hydrogen (secondary N) is 6. The lowest BCUT2D eigenvalue weighted by molar-refractivity contribution is -0.0328. The van der Waals surface area contributed by atoms with Crippen LogP contribution in [0.1, 0.15) is 83.1 Å². The highest BCUT2D eigenvalue weighted by Gasteiger charge is 2.26. The SMILES string of the molecule is CCNCC.CCNCC.CCNCC.CCNCC.CCNCC.CCNCC.O=P(O)(O)O.O=P(O)(O)O.OCC(CO)(CO)CO. The molecule has 0 atom stereocenters. The van der Waals surface area contributed by atoms with Gasteiger partial charge in [-0.15, -0.1) is 0 Å². The number of rotatable bonds is 16. The van der Waals surface area contributed by atoms with Gasteiger partial charge in [-0.05, 0) is 78.5 Å². The third-order valence-electron chi connectivity index (χ3n) is 4.34. The number of aliphatic hydroxyl groups excluding tert-OH is 4. The van der Waals surface area contributed by atoms with Crippen LogP contribution in [0.15, 0.2) is 0 Å². The van der Waals surface area contributed by atoms with E-state index in [1.807, 2.05) is 0 Å². The Morgan fingerprint density at radius 3 is 0.408 bits per heavy atom. The van der Waals surface area contributed by atoms with Crippen LogP contribution >= 0.6 is 15.6 Å². The summed E-state index contributed by atoms with van der Waals surface area (Å²) in [6, 6.07) is 0. The second-order valence-electron chi connectivity index (χ2n) is 8.90. The molecule has 0 aromatic carbocycles. The maximum Gasteiger partial charge on any atom is 0.466 e. The summed E-state index contributed by atoms with van der Waals surface area (Å²) < 4.78 is 17.8. The van der Waals surface area contributed by atoms with Gasteiger partial charge in [0.1, 0.15) is 0 Å². The summed E-state index contributed by atoms with van der Waals surface area (Å²) in [5.41, 5.74) is -1.11. The maximum absolute atomic E-state index is 8.88. The Balaban J connectivity index is -0.0000000530. The van der Waals surface area contributed by atoms with Crippen molar-refractivity contribution in [1.82, 2.24) is 31.9 Å². The van der Waals surface area contributed by atoms with Gasteiger partial charge in [0.15, 0.2) is 0 Å². The summed E-state index contributed by atoms with van der Waals surface area (Å²) in [6.45, 7) is 36.7.